The van der Waals surface area contributed by atoms with Gasteiger partial charge in [-0.2, -0.15) is 0 Å². The monoisotopic (exact) mass is 258 g/mol. The third-order valence-corrected chi connectivity index (χ3v) is 4.22. The van der Waals surface area contributed by atoms with E-state index in [0.29, 0.717) is 6.54 Å². The smallest absolute Gasteiger partial charge is 0.134 e. The Kier molecular flexibility index (Phi) is 3.58. The molecule has 0 spiro atoms. The second kappa shape index (κ2) is 5.35. The lowest BCUT2D eigenvalue weighted by Gasteiger charge is -2.36. The number of piperidine rings is 1. The van der Waals surface area contributed by atoms with Crippen LogP contribution in [0.4, 0.5) is 0 Å². The zero-order valence-corrected chi connectivity index (χ0v) is 11.5. The Morgan fingerprint density at radius 3 is 3.05 bits per heavy atom. The summed E-state index contributed by atoms with van der Waals surface area (Å²) in [5, 5.41) is 1.20. The highest BCUT2D eigenvalue weighted by Gasteiger charge is 2.26. The standard InChI is InChI=1S/C16H22N2O/c1-12-5-4-8-18(10-12)15(9-17)14-11-19-16-7-3-2-6-13(14)16/h2-3,6-7,11-12,15H,4-5,8-10,17H2,1H3. The molecule has 0 saturated carbocycles. The minimum atomic E-state index is 0.284. The van der Waals surface area contributed by atoms with Crippen molar-refractivity contribution >= 4 is 11.0 Å². The Morgan fingerprint density at radius 2 is 2.26 bits per heavy atom. The minimum Gasteiger partial charge on any atom is -0.464 e. The molecule has 2 heterocycles. The fourth-order valence-corrected chi connectivity index (χ4v) is 3.24. The average Bonchev–Trinajstić information content (AvgIpc) is 2.84. The number of rotatable bonds is 3. The number of nitrogens with two attached hydrogens (primary N) is 1. The SMILES string of the molecule is CC1CCCN(C(CN)c2coc3ccccc23)C1. The molecule has 1 saturated heterocycles. The van der Waals surface area contributed by atoms with Crippen LogP contribution in [-0.2, 0) is 0 Å². The molecule has 2 atom stereocenters. The third kappa shape index (κ3) is 2.40. The van der Waals surface area contributed by atoms with Crippen LogP contribution in [-0.4, -0.2) is 24.5 Å². The molecule has 1 aliphatic rings. The van der Waals surface area contributed by atoms with Gasteiger partial charge >= 0.3 is 0 Å². The van der Waals surface area contributed by atoms with Crippen LogP contribution in [0.25, 0.3) is 11.0 Å². The fourth-order valence-electron chi connectivity index (χ4n) is 3.24. The van der Waals surface area contributed by atoms with Gasteiger partial charge in [-0.1, -0.05) is 25.1 Å². The summed E-state index contributed by atoms with van der Waals surface area (Å²) in [6.07, 6.45) is 4.49. The number of para-hydroxylation sites is 1. The molecule has 1 aromatic heterocycles. The predicted octanol–water partition coefficient (Wildman–Crippen LogP) is 3.16. The van der Waals surface area contributed by atoms with E-state index in [4.69, 9.17) is 10.2 Å². The second-order valence-corrected chi connectivity index (χ2v) is 5.68. The maximum Gasteiger partial charge on any atom is 0.134 e. The first-order valence-corrected chi connectivity index (χ1v) is 7.20. The van der Waals surface area contributed by atoms with Crippen LogP contribution >= 0.6 is 0 Å². The summed E-state index contributed by atoms with van der Waals surface area (Å²) in [4.78, 5) is 2.52. The molecule has 3 rings (SSSR count). The van der Waals surface area contributed by atoms with Gasteiger partial charge in [0.2, 0.25) is 0 Å². The van der Waals surface area contributed by atoms with Gasteiger partial charge in [-0.3, -0.25) is 4.90 Å². The van der Waals surface area contributed by atoms with Gasteiger partial charge in [0.05, 0.1) is 12.3 Å². The molecule has 19 heavy (non-hydrogen) atoms. The van der Waals surface area contributed by atoms with E-state index in [1.165, 1.54) is 23.8 Å². The Hall–Kier alpha value is -1.32. The van der Waals surface area contributed by atoms with Crippen molar-refractivity contribution in [3.63, 3.8) is 0 Å². The first-order chi connectivity index (χ1) is 9.29. The molecule has 0 bridgehead atoms. The highest BCUT2D eigenvalue weighted by molar-refractivity contribution is 5.81. The Labute approximate surface area is 114 Å². The van der Waals surface area contributed by atoms with Gasteiger partial charge in [0, 0.05) is 24.0 Å². The van der Waals surface area contributed by atoms with Crippen LogP contribution in [0.1, 0.15) is 31.4 Å². The molecule has 3 nitrogen and oxygen atoms in total. The Balaban J connectivity index is 1.93. The fraction of sp³-hybridized carbons (Fsp3) is 0.500. The summed E-state index contributed by atoms with van der Waals surface area (Å²) >= 11 is 0. The van der Waals surface area contributed by atoms with Gasteiger partial charge in [0.1, 0.15) is 5.58 Å². The lowest BCUT2D eigenvalue weighted by Crippen LogP contribution is -2.40. The van der Waals surface area contributed by atoms with Crippen LogP contribution in [0, 0.1) is 5.92 Å². The van der Waals surface area contributed by atoms with Crippen LogP contribution in [0.15, 0.2) is 34.9 Å². The van der Waals surface area contributed by atoms with E-state index in [2.05, 4.69) is 24.0 Å². The van der Waals surface area contributed by atoms with Gasteiger partial charge in [-0.05, 0) is 31.4 Å². The molecular weight excluding hydrogens is 236 g/mol. The van der Waals surface area contributed by atoms with Crippen molar-refractivity contribution < 1.29 is 4.42 Å². The van der Waals surface area contributed by atoms with Crippen LogP contribution < -0.4 is 5.73 Å². The van der Waals surface area contributed by atoms with E-state index in [1.54, 1.807) is 0 Å². The van der Waals surface area contributed by atoms with Gasteiger partial charge < -0.3 is 10.2 Å². The first kappa shape index (κ1) is 12.7. The van der Waals surface area contributed by atoms with Crippen molar-refractivity contribution in [3.8, 4) is 0 Å². The zero-order valence-electron chi connectivity index (χ0n) is 11.5. The molecule has 0 aliphatic carbocycles. The number of nitrogens with zero attached hydrogens (tertiary/aromatic N) is 1. The van der Waals surface area contributed by atoms with Gasteiger partial charge in [0.15, 0.2) is 0 Å². The quantitative estimate of drug-likeness (QED) is 0.919. The van der Waals surface area contributed by atoms with Crippen LogP contribution in [0.2, 0.25) is 0 Å². The molecule has 2 N–H and O–H groups in total. The molecule has 2 unspecified atom stereocenters. The lowest BCUT2D eigenvalue weighted by molar-refractivity contribution is 0.133. The molecule has 2 aromatic rings. The van der Waals surface area contributed by atoms with E-state index in [1.807, 2.05) is 18.4 Å². The summed E-state index contributed by atoms with van der Waals surface area (Å²) in [5.41, 5.74) is 8.25. The number of fused-ring (bicyclic) bond motifs is 1. The van der Waals surface area contributed by atoms with E-state index in [0.717, 1.165) is 24.6 Å². The Bertz CT molecular complexity index is 548. The van der Waals surface area contributed by atoms with Crippen molar-refractivity contribution in [3.05, 3.63) is 36.1 Å². The lowest BCUT2D eigenvalue weighted by atomic mass is 9.96. The van der Waals surface area contributed by atoms with Crippen molar-refractivity contribution in [2.75, 3.05) is 19.6 Å². The highest BCUT2D eigenvalue weighted by Crippen LogP contribution is 2.32. The van der Waals surface area contributed by atoms with Crippen molar-refractivity contribution in [1.82, 2.24) is 4.90 Å². The molecule has 102 valence electrons. The molecule has 1 aromatic carbocycles. The summed E-state index contributed by atoms with van der Waals surface area (Å²) in [6, 6.07) is 8.51. The second-order valence-electron chi connectivity index (χ2n) is 5.68. The topological polar surface area (TPSA) is 42.4 Å². The van der Waals surface area contributed by atoms with Crippen molar-refractivity contribution in [1.29, 1.82) is 0 Å². The number of likely N-dealkylation sites (tertiary alicyclic amines) is 1. The van der Waals surface area contributed by atoms with Crippen LogP contribution in [0.5, 0.6) is 0 Å². The average molecular weight is 258 g/mol. The molecule has 1 fully saturated rings. The Morgan fingerprint density at radius 1 is 1.42 bits per heavy atom. The molecular formula is C16H22N2O. The molecule has 0 radical (unpaired) electrons. The zero-order chi connectivity index (χ0) is 13.2. The number of hydrogen-bond acceptors (Lipinski definition) is 3. The van der Waals surface area contributed by atoms with Gasteiger partial charge in [0.25, 0.3) is 0 Å². The summed E-state index contributed by atoms with van der Waals surface area (Å²) in [6.45, 7) is 5.26. The maximum atomic E-state index is 6.05. The summed E-state index contributed by atoms with van der Waals surface area (Å²) in [7, 11) is 0. The number of hydrogen-bond donors (Lipinski definition) is 1. The number of furan rings is 1. The molecule has 3 heteroatoms. The summed E-state index contributed by atoms with van der Waals surface area (Å²) in [5.74, 6) is 0.765. The summed E-state index contributed by atoms with van der Waals surface area (Å²) < 4.78 is 5.67. The minimum absolute atomic E-state index is 0.284. The van der Waals surface area contributed by atoms with E-state index < -0.39 is 0 Å². The molecule has 0 amide bonds. The first-order valence-electron chi connectivity index (χ1n) is 7.20. The third-order valence-electron chi connectivity index (χ3n) is 4.22. The number of benzene rings is 1. The van der Waals surface area contributed by atoms with Crippen molar-refractivity contribution in [2.45, 2.75) is 25.8 Å². The van der Waals surface area contributed by atoms with Gasteiger partial charge in [-0.25, -0.2) is 0 Å². The maximum absolute atomic E-state index is 6.05. The largest absolute Gasteiger partial charge is 0.464 e. The van der Waals surface area contributed by atoms with E-state index in [-0.39, 0.29) is 6.04 Å². The predicted molar refractivity (Wildman–Crippen MR) is 78.0 cm³/mol. The van der Waals surface area contributed by atoms with Crippen molar-refractivity contribution in [2.24, 2.45) is 11.7 Å². The van der Waals surface area contributed by atoms with E-state index >= 15 is 0 Å². The van der Waals surface area contributed by atoms with Crippen LogP contribution in [0.3, 0.4) is 0 Å². The molecule has 1 aliphatic heterocycles. The van der Waals surface area contributed by atoms with E-state index in [9.17, 15) is 0 Å². The van der Waals surface area contributed by atoms with Gasteiger partial charge in [-0.15, -0.1) is 0 Å². The highest BCUT2D eigenvalue weighted by atomic mass is 16.3. The normalized spacial score (nSPS) is 22.7.